The summed E-state index contributed by atoms with van der Waals surface area (Å²) in [5.41, 5.74) is 0.321. The van der Waals surface area contributed by atoms with Crippen LogP contribution in [0.25, 0.3) is 0 Å². The molecule has 2 rings (SSSR count). The second kappa shape index (κ2) is 4.31. The summed E-state index contributed by atoms with van der Waals surface area (Å²) >= 11 is 5.90. The molecule has 0 spiro atoms. The van der Waals surface area contributed by atoms with Gasteiger partial charge < -0.3 is 9.64 Å². The molecule has 0 aromatic heterocycles. The lowest BCUT2D eigenvalue weighted by Crippen LogP contribution is -2.47. The Morgan fingerprint density at radius 1 is 1.53 bits per heavy atom. The predicted octanol–water partition coefficient (Wildman–Crippen LogP) is 2.94. The Hall–Kier alpha value is -1.06. The van der Waals surface area contributed by atoms with E-state index in [4.69, 9.17) is 16.3 Å². The fraction of sp³-hybridized carbons (Fsp3) is 0.462. The summed E-state index contributed by atoms with van der Waals surface area (Å²) in [5, 5.41) is 0.571. The first-order chi connectivity index (χ1) is 7.92. The molecule has 17 heavy (non-hydrogen) atoms. The van der Waals surface area contributed by atoms with Crippen molar-refractivity contribution in [2.75, 3.05) is 6.61 Å². The van der Waals surface area contributed by atoms with E-state index in [1.165, 1.54) is 0 Å². The molecule has 1 aromatic carbocycles. The molecule has 92 valence electrons. The Kier molecular flexibility index (Phi) is 3.15. The Morgan fingerprint density at radius 2 is 2.24 bits per heavy atom. The maximum absolute atomic E-state index is 12.4. The minimum Gasteiger partial charge on any atom is -0.356 e. The minimum absolute atomic E-state index is 0.0394. The Balaban J connectivity index is 2.31. The third kappa shape index (κ3) is 2.31. The van der Waals surface area contributed by atoms with E-state index in [2.05, 4.69) is 0 Å². The van der Waals surface area contributed by atoms with Gasteiger partial charge in [-0.3, -0.25) is 4.79 Å². The van der Waals surface area contributed by atoms with Crippen LogP contribution < -0.4 is 0 Å². The third-order valence-electron chi connectivity index (χ3n) is 2.98. The smallest absolute Gasteiger partial charge is 0.256 e. The number of nitrogens with zero attached hydrogens (tertiary/aromatic N) is 1. The largest absolute Gasteiger partial charge is 0.356 e. The van der Waals surface area contributed by atoms with E-state index in [-0.39, 0.29) is 17.7 Å². The molecule has 1 atom stereocenters. The maximum atomic E-state index is 12.4. The van der Waals surface area contributed by atoms with Crippen molar-refractivity contribution in [3.05, 3.63) is 34.9 Å². The van der Waals surface area contributed by atoms with Crippen LogP contribution in [-0.2, 0) is 4.74 Å². The molecule has 1 aliphatic rings. The van der Waals surface area contributed by atoms with Crippen LogP contribution in [0, 0.1) is 0 Å². The average Bonchev–Trinajstić information content (AvgIpc) is 2.52. The molecule has 1 amide bonds. The Labute approximate surface area is 106 Å². The Morgan fingerprint density at radius 3 is 2.76 bits per heavy atom. The van der Waals surface area contributed by atoms with E-state index in [0.717, 1.165) is 0 Å². The first-order valence-electron chi connectivity index (χ1n) is 5.63. The monoisotopic (exact) mass is 253 g/mol. The van der Waals surface area contributed by atoms with Gasteiger partial charge in [0.25, 0.3) is 5.91 Å². The van der Waals surface area contributed by atoms with Crippen LogP contribution in [0.1, 0.15) is 31.1 Å². The number of amides is 1. The summed E-state index contributed by atoms with van der Waals surface area (Å²) in [4.78, 5) is 14.2. The highest BCUT2D eigenvalue weighted by Gasteiger charge is 2.41. The Bertz CT molecular complexity index is 445. The normalized spacial score (nSPS) is 22.8. The lowest BCUT2D eigenvalue weighted by Gasteiger charge is -2.32. The number of carbonyl (C=O) groups is 1. The van der Waals surface area contributed by atoms with Gasteiger partial charge in [-0.15, -0.1) is 0 Å². The van der Waals surface area contributed by atoms with Crippen molar-refractivity contribution in [1.82, 2.24) is 4.90 Å². The predicted molar refractivity (Wildman–Crippen MR) is 67.1 cm³/mol. The van der Waals surface area contributed by atoms with Gasteiger partial charge in [-0.25, -0.2) is 0 Å². The highest BCUT2D eigenvalue weighted by molar-refractivity contribution is 6.30. The second-order valence-electron chi connectivity index (χ2n) is 4.91. The van der Waals surface area contributed by atoms with Crippen LogP contribution in [-0.4, -0.2) is 29.2 Å². The lowest BCUT2D eigenvalue weighted by molar-refractivity contribution is 0.0307. The van der Waals surface area contributed by atoms with E-state index in [1.807, 2.05) is 20.8 Å². The van der Waals surface area contributed by atoms with Gasteiger partial charge in [0.15, 0.2) is 0 Å². The molecule has 0 bridgehead atoms. The molecule has 0 aliphatic carbocycles. The van der Waals surface area contributed by atoms with Crippen molar-refractivity contribution in [2.45, 2.75) is 32.5 Å². The van der Waals surface area contributed by atoms with Crippen molar-refractivity contribution in [1.29, 1.82) is 0 Å². The number of benzene rings is 1. The zero-order valence-electron chi connectivity index (χ0n) is 10.2. The van der Waals surface area contributed by atoms with Crippen molar-refractivity contribution >= 4 is 17.5 Å². The summed E-state index contributed by atoms with van der Waals surface area (Å²) in [6.07, 6.45) is -0.198. The van der Waals surface area contributed by atoms with Crippen molar-refractivity contribution < 1.29 is 9.53 Å². The van der Waals surface area contributed by atoms with Gasteiger partial charge in [-0.2, -0.15) is 0 Å². The molecule has 4 heteroatoms. The van der Waals surface area contributed by atoms with Gasteiger partial charge >= 0.3 is 0 Å². The fourth-order valence-electron chi connectivity index (χ4n) is 2.16. The van der Waals surface area contributed by atoms with Crippen molar-refractivity contribution in [2.24, 2.45) is 0 Å². The van der Waals surface area contributed by atoms with Crippen molar-refractivity contribution in [3.8, 4) is 0 Å². The highest BCUT2D eigenvalue weighted by atomic mass is 35.5. The molecule has 0 radical (unpaired) electrons. The highest BCUT2D eigenvalue weighted by Crippen LogP contribution is 2.28. The summed E-state index contributed by atoms with van der Waals surface area (Å²) in [7, 11) is 0. The zero-order chi connectivity index (χ0) is 12.6. The molecular weight excluding hydrogens is 238 g/mol. The molecular formula is C13H16ClNO2. The molecule has 1 fully saturated rings. The fourth-order valence-corrected chi connectivity index (χ4v) is 2.35. The van der Waals surface area contributed by atoms with E-state index in [0.29, 0.717) is 17.2 Å². The van der Waals surface area contributed by atoms with Crippen LogP contribution in [0.15, 0.2) is 24.3 Å². The van der Waals surface area contributed by atoms with Crippen molar-refractivity contribution in [3.63, 3.8) is 0 Å². The minimum atomic E-state index is -0.279. The molecule has 0 saturated carbocycles. The van der Waals surface area contributed by atoms with Crippen LogP contribution in [0.2, 0.25) is 5.02 Å². The number of hydrogen-bond donors (Lipinski definition) is 0. The number of carbonyl (C=O) groups excluding carboxylic acids is 1. The summed E-state index contributed by atoms with van der Waals surface area (Å²) in [6.45, 7) is 6.44. The third-order valence-corrected chi connectivity index (χ3v) is 3.22. The van der Waals surface area contributed by atoms with E-state index < -0.39 is 0 Å². The molecule has 0 N–H and O–H groups in total. The molecule has 1 unspecified atom stereocenters. The molecule has 1 aromatic rings. The number of hydrogen-bond acceptors (Lipinski definition) is 2. The second-order valence-corrected chi connectivity index (χ2v) is 5.34. The maximum Gasteiger partial charge on any atom is 0.256 e. The van der Waals surface area contributed by atoms with Gasteiger partial charge in [-0.05, 0) is 39.0 Å². The summed E-state index contributed by atoms with van der Waals surface area (Å²) < 4.78 is 5.53. The number of halogens is 1. The van der Waals surface area contributed by atoms with E-state index >= 15 is 0 Å². The topological polar surface area (TPSA) is 29.5 Å². The standard InChI is InChI=1S/C13H16ClNO2/c1-9-15(13(2,3)8-17-9)12(16)10-5-4-6-11(14)7-10/h4-7,9H,8H2,1-3H3. The lowest BCUT2D eigenvalue weighted by atomic mass is 10.0. The molecule has 1 saturated heterocycles. The van der Waals surface area contributed by atoms with Gasteiger partial charge in [0.1, 0.15) is 6.23 Å². The van der Waals surface area contributed by atoms with Crippen LogP contribution in [0.3, 0.4) is 0 Å². The van der Waals surface area contributed by atoms with Gasteiger partial charge in [0.2, 0.25) is 0 Å². The van der Waals surface area contributed by atoms with Gasteiger partial charge in [0.05, 0.1) is 12.1 Å². The first-order valence-corrected chi connectivity index (χ1v) is 6.00. The number of rotatable bonds is 1. The first kappa shape index (κ1) is 12.4. The summed E-state index contributed by atoms with van der Waals surface area (Å²) in [5.74, 6) is -0.0394. The molecule has 1 heterocycles. The quantitative estimate of drug-likeness (QED) is 0.770. The van der Waals surface area contributed by atoms with Crippen LogP contribution in [0.4, 0.5) is 0 Å². The van der Waals surface area contributed by atoms with E-state index in [1.54, 1.807) is 29.2 Å². The molecule has 3 nitrogen and oxygen atoms in total. The van der Waals surface area contributed by atoms with Gasteiger partial charge in [-0.1, -0.05) is 17.7 Å². The zero-order valence-corrected chi connectivity index (χ0v) is 11.0. The van der Waals surface area contributed by atoms with Crippen LogP contribution >= 0.6 is 11.6 Å². The average molecular weight is 254 g/mol. The van der Waals surface area contributed by atoms with Gasteiger partial charge in [0, 0.05) is 10.6 Å². The van der Waals surface area contributed by atoms with E-state index in [9.17, 15) is 4.79 Å². The SMILES string of the molecule is CC1OCC(C)(C)N1C(=O)c1cccc(Cl)c1. The molecule has 1 aliphatic heterocycles. The summed E-state index contributed by atoms with van der Waals surface area (Å²) in [6, 6.07) is 7.00. The van der Waals surface area contributed by atoms with Crippen LogP contribution in [0.5, 0.6) is 0 Å². The number of ether oxygens (including phenoxy) is 1.